The van der Waals surface area contributed by atoms with E-state index in [1.165, 1.54) is 17.8 Å². The molecule has 1 heterocycles. The van der Waals surface area contributed by atoms with Gasteiger partial charge in [0.2, 0.25) is 0 Å². The summed E-state index contributed by atoms with van der Waals surface area (Å²) in [6, 6.07) is 5.01. The average molecular weight is 251 g/mol. The van der Waals surface area contributed by atoms with Gasteiger partial charge in [-0.15, -0.1) is 0 Å². The van der Waals surface area contributed by atoms with Crippen LogP contribution in [0, 0.1) is 5.82 Å². The molecule has 0 bridgehead atoms. The highest BCUT2D eigenvalue weighted by atomic mass is 32.2. The van der Waals surface area contributed by atoms with Crippen molar-refractivity contribution < 1.29 is 9.18 Å². The van der Waals surface area contributed by atoms with Crippen LogP contribution in [0.15, 0.2) is 33.7 Å². The van der Waals surface area contributed by atoms with Crippen molar-refractivity contribution in [3.63, 3.8) is 0 Å². The number of hydrogen-bond acceptors (Lipinski definition) is 3. The lowest BCUT2D eigenvalue weighted by Crippen LogP contribution is -2.13. The van der Waals surface area contributed by atoms with Gasteiger partial charge in [-0.3, -0.25) is 4.79 Å². The molecule has 1 aromatic rings. The summed E-state index contributed by atoms with van der Waals surface area (Å²) in [5.74, 6) is -0.241. The number of fused-ring (bicyclic) bond motifs is 1. The maximum Gasteiger partial charge on any atom is 0.148 e. The molecule has 1 aromatic carbocycles. The Balaban J connectivity index is 2.46. The first kappa shape index (κ1) is 12.2. The zero-order valence-electron chi connectivity index (χ0n) is 9.87. The van der Waals surface area contributed by atoms with Crippen molar-refractivity contribution in [1.82, 2.24) is 0 Å². The first-order chi connectivity index (χ1) is 8.19. The van der Waals surface area contributed by atoms with Crippen molar-refractivity contribution >= 4 is 23.7 Å². The van der Waals surface area contributed by atoms with Gasteiger partial charge >= 0.3 is 0 Å². The third-order valence-electron chi connectivity index (χ3n) is 2.73. The van der Waals surface area contributed by atoms with E-state index >= 15 is 0 Å². The van der Waals surface area contributed by atoms with Crippen LogP contribution in [0.5, 0.6) is 0 Å². The fourth-order valence-electron chi connectivity index (χ4n) is 1.94. The first-order valence-electron chi connectivity index (χ1n) is 5.57. The lowest BCUT2D eigenvalue weighted by molar-refractivity contribution is -0.105. The Kier molecular flexibility index (Phi) is 3.52. The molecule has 0 spiro atoms. The Morgan fingerprint density at radius 3 is 2.88 bits per heavy atom. The van der Waals surface area contributed by atoms with Crippen LogP contribution in [-0.4, -0.2) is 13.3 Å². The van der Waals surface area contributed by atoms with Gasteiger partial charge in [0.05, 0.1) is 10.7 Å². The molecule has 0 atom stereocenters. The predicted octanol–water partition coefficient (Wildman–Crippen LogP) is 3.58. The molecule has 0 N–H and O–H groups in total. The lowest BCUT2D eigenvalue weighted by Gasteiger charge is -2.16. The van der Waals surface area contributed by atoms with Gasteiger partial charge < -0.3 is 4.90 Å². The monoisotopic (exact) mass is 251 g/mol. The van der Waals surface area contributed by atoms with Crippen LogP contribution in [0.25, 0.3) is 0 Å². The van der Waals surface area contributed by atoms with Crippen molar-refractivity contribution in [2.45, 2.75) is 24.7 Å². The van der Waals surface area contributed by atoms with Gasteiger partial charge in [0.15, 0.2) is 0 Å². The van der Waals surface area contributed by atoms with Crippen LogP contribution in [0.4, 0.5) is 10.1 Å². The topological polar surface area (TPSA) is 20.3 Å². The molecule has 0 saturated carbocycles. The van der Waals surface area contributed by atoms with Crippen molar-refractivity contribution in [3.8, 4) is 0 Å². The van der Waals surface area contributed by atoms with Crippen LogP contribution < -0.4 is 4.90 Å². The minimum absolute atomic E-state index is 0.241. The number of anilines is 1. The number of rotatable bonds is 3. The van der Waals surface area contributed by atoms with Gasteiger partial charge in [0, 0.05) is 17.5 Å². The molecule has 0 aromatic heterocycles. The molecule has 1 aliphatic rings. The number of allylic oxidation sites excluding steroid dienone is 1. The molecule has 0 unspecified atom stereocenters. The highest BCUT2D eigenvalue weighted by Crippen LogP contribution is 2.47. The summed E-state index contributed by atoms with van der Waals surface area (Å²) in [6.45, 7) is 2.03. The summed E-state index contributed by atoms with van der Waals surface area (Å²) < 4.78 is 13.7. The molecule has 0 radical (unpaired) electrons. The second kappa shape index (κ2) is 4.92. The van der Waals surface area contributed by atoms with Crippen molar-refractivity contribution in [2.24, 2.45) is 0 Å². The molecule has 0 aliphatic carbocycles. The predicted molar refractivity (Wildman–Crippen MR) is 68.7 cm³/mol. The smallest absolute Gasteiger partial charge is 0.148 e. The molecule has 1 aliphatic heterocycles. The summed E-state index contributed by atoms with van der Waals surface area (Å²) in [7, 11) is 1.80. The third kappa shape index (κ3) is 2.09. The van der Waals surface area contributed by atoms with Gasteiger partial charge in [-0.1, -0.05) is 31.2 Å². The molecular weight excluding hydrogens is 237 g/mol. The Morgan fingerprint density at radius 2 is 2.29 bits per heavy atom. The molecule has 4 heteroatoms. The van der Waals surface area contributed by atoms with E-state index in [2.05, 4.69) is 0 Å². The van der Waals surface area contributed by atoms with E-state index in [0.717, 1.165) is 34.6 Å². The number of thioether (sulfide) groups is 1. The summed E-state index contributed by atoms with van der Waals surface area (Å²) in [6.07, 6.45) is 2.52. The second-order valence-corrected chi connectivity index (χ2v) is 4.98. The Hall–Kier alpha value is -1.29. The number of para-hydroxylation sites is 1. The summed E-state index contributed by atoms with van der Waals surface area (Å²) in [4.78, 5) is 13.7. The number of carbonyl (C=O) groups excluding carboxylic acids is 1. The maximum atomic E-state index is 13.7. The summed E-state index contributed by atoms with van der Waals surface area (Å²) >= 11 is 1.47. The van der Waals surface area contributed by atoms with E-state index in [0.29, 0.717) is 5.69 Å². The average Bonchev–Trinajstić information content (AvgIpc) is 2.65. The minimum Gasteiger partial charge on any atom is -0.335 e. The highest BCUT2D eigenvalue weighted by molar-refractivity contribution is 8.03. The van der Waals surface area contributed by atoms with Gasteiger partial charge in [0.25, 0.3) is 0 Å². The van der Waals surface area contributed by atoms with Crippen molar-refractivity contribution in [1.29, 1.82) is 0 Å². The van der Waals surface area contributed by atoms with E-state index in [1.807, 2.05) is 13.0 Å². The van der Waals surface area contributed by atoms with Crippen LogP contribution in [0.3, 0.4) is 0 Å². The second-order valence-electron chi connectivity index (χ2n) is 3.95. The molecule has 2 nitrogen and oxygen atoms in total. The molecule has 0 saturated heterocycles. The third-order valence-corrected chi connectivity index (χ3v) is 4.01. The SMILES string of the molecule is CCC/C(C=O)=C1/Sc2cccc(F)c2N1C. The Morgan fingerprint density at radius 1 is 1.53 bits per heavy atom. The molecular formula is C13H14FNOS. The van der Waals surface area contributed by atoms with Crippen LogP contribution in [0.1, 0.15) is 19.8 Å². The van der Waals surface area contributed by atoms with Crippen LogP contribution in [-0.2, 0) is 4.79 Å². The number of nitrogens with zero attached hydrogens (tertiary/aromatic N) is 1. The zero-order valence-corrected chi connectivity index (χ0v) is 10.7. The summed E-state index contributed by atoms with van der Waals surface area (Å²) in [5.41, 5.74) is 1.32. The fourth-order valence-corrected chi connectivity index (χ4v) is 3.14. The van der Waals surface area contributed by atoms with Crippen molar-refractivity contribution in [2.75, 3.05) is 11.9 Å². The van der Waals surface area contributed by atoms with E-state index in [4.69, 9.17) is 0 Å². The van der Waals surface area contributed by atoms with Gasteiger partial charge in [-0.05, 0) is 18.6 Å². The number of benzene rings is 1. The molecule has 90 valence electrons. The van der Waals surface area contributed by atoms with Crippen molar-refractivity contribution in [3.05, 3.63) is 34.6 Å². The zero-order chi connectivity index (χ0) is 12.4. The number of carbonyl (C=O) groups is 1. The molecule has 17 heavy (non-hydrogen) atoms. The normalized spacial score (nSPS) is 17.0. The lowest BCUT2D eigenvalue weighted by atomic mass is 10.2. The van der Waals surface area contributed by atoms with E-state index in [1.54, 1.807) is 18.0 Å². The Labute approximate surface area is 105 Å². The number of aldehydes is 1. The van der Waals surface area contributed by atoms with Crippen LogP contribution in [0.2, 0.25) is 0 Å². The molecule has 2 rings (SSSR count). The van der Waals surface area contributed by atoms with Gasteiger partial charge in [0.1, 0.15) is 12.1 Å². The van der Waals surface area contributed by atoms with Gasteiger partial charge in [-0.25, -0.2) is 4.39 Å². The van der Waals surface area contributed by atoms with E-state index < -0.39 is 0 Å². The fraction of sp³-hybridized carbons (Fsp3) is 0.308. The standard InChI is InChI=1S/C13H14FNOS/c1-3-5-9(8-16)13-15(2)12-10(14)6-4-7-11(12)17-13/h4,6-8H,3,5H2,1-2H3/b13-9-. The molecule has 0 amide bonds. The molecule has 0 fully saturated rings. The minimum atomic E-state index is -0.241. The maximum absolute atomic E-state index is 13.7. The van der Waals surface area contributed by atoms with E-state index in [9.17, 15) is 9.18 Å². The van der Waals surface area contributed by atoms with Gasteiger partial charge in [-0.2, -0.15) is 0 Å². The Bertz CT molecular complexity index is 484. The van der Waals surface area contributed by atoms with E-state index in [-0.39, 0.29) is 5.82 Å². The quantitative estimate of drug-likeness (QED) is 0.605. The van der Waals surface area contributed by atoms with Crippen LogP contribution >= 0.6 is 11.8 Å². The largest absolute Gasteiger partial charge is 0.335 e. The number of halogens is 1. The first-order valence-corrected chi connectivity index (χ1v) is 6.39. The highest BCUT2D eigenvalue weighted by Gasteiger charge is 2.27. The number of hydrogen-bond donors (Lipinski definition) is 0. The summed E-state index contributed by atoms with van der Waals surface area (Å²) in [5, 5.41) is 0.849.